The molecule has 2 heterocycles. The van der Waals surface area contributed by atoms with E-state index in [0.29, 0.717) is 23.3 Å². The number of carbonyl (C=O) groups excluding carboxylic acids is 1. The topological polar surface area (TPSA) is 80.5 Å². The molecule has 0 bridgehead atoms. The second-order valence-electron chi connectivity index (χ2n) is 8.16. The summed E-state index contributed by atoms with van der Waals surface area (Å²) in [5.74, 6) is 1.55. The lowest BCUT2D eigenvalue weighted by Crippen LogP contribution is -2.45. The minimum absolute atomic E-state index is 0.201. The summed E-state index contributed by atoms with van der Waals surface area (Å²) in [6, 6.07) is 24.0. The number of aromatic nitrogens is 2. The minimum Gasteiger partial charge on any atom is -0.497 e. The summed E-state index contributed by atoms with van der Waals surface area (Å²) in [5, 5.41) is 7.94. The van der Waals surface area contributed by atoms with Crippen molar-refractivity contribution >= 4 is 23.2 Å². The molecule has 0 saturated carbocycles. The van der Waals surface area contributed by atoms with Gasteiger partial charge in [-0.2, -0.15) is 4.98 Å². The molecule has 1 unspecified atom stereocenters. The number of allylic oxidation sites excluding steroid dienone is 1. The predicted octanol–water partition coefficient (Wildman–Crippen LogP) is 6.10. The third-order valence-corrected chi connectivity index (χ3v) is 6.24. The van der Waals surface area contributed by atoms with Gasteiger partial charge in [0.05, 0.1) is 25.3 Å². The summed E-state index contributed by atoms with van der Waals surface area (Å²) in [6.45, 7) is 2.28. The van der Waals surface area contributed by atoms with Crippen LogP contribution in [0, 0.1) is 0 Å². The van der Waals surface area contributed by atoms with Crippen LogP contribution in [0.3, 0.4) is 0 Å². The smallest absolute Gasteiger partial charge is 0.322 e. The first-order valence-corrected chi connectivity index (χ1v) is 11.5. The number of hydrogen-bond acceptors (Lipinski definition) is 5. The van der Waals surface area contributed by atoms with Gasteiger partial charge in [-0.1, -0.05) is 59.2 Å². The van der Waals surface area contributed by atoms with E-state index in [1.165, 1.54) is 0 Å². The molecule has 1 aliphatic rings. The van der Waals surface area contributed by atoms with Crippen LogP contribution in [-0.4, -0.2) is 28.2 Å². The lowest BCUT2D eigenvalue weighted by molar-refractivity contribution is 0.203. The number of ether oxygens (including phenoxy) is 1. The Morgan fingerprint density at radius 1 is 1.03 bits per heavy atom. The van der Waals surface area contributed by atoms with E-state index < -0.39 is 6.04 Å². The number of benzene rings is 3. The van der Waals surface area contributed by atoms with Crippen LogP contribution in [0.1, 0.15) is 30.0 Å². The molecule has 2 amide bonds. The maximum absolute atomic E-state index is 13.2. The molecule has 8 heteroatoms. The van der Waals surface area contributed by atoms with Gasteiger partial charge in [0.15, 0.2) is 0 Å². The molecule has 1 aromatic heterocycles. The highest BCUT2D eigenvalue weighted by Crippen LogP contribution is 2.38. The molecule has 3 aromatic carbocycles. The lowest BCUT2D eigenvalue weighted by atomic mass is 9.94. The van der Waals surface area contributed by atoms with Gasteiger partial charge in [0, 0.05) is 16.3 Å². The third kappa shape index (κ3) is 4.63. The fourth-order valence-corrected chi connectivity index (χ4v) is 4.23. The third-order valence-electron chi connectivity index (χ3n) is 5.99. The van der Waals surface area contributed by atoms with Crippen molar-refractivity contribution in [1.82, 2.24) is 20.4 Å². The second-order valence-corrected chi connectivity index (χ2v) is 8.59. The Morgan fingerprint density at radius 3 is 2.43 bits per heavy atom. The van der Waals surface area contributed by atoms with Crippen LogP contribution in [0.4, 0.5) is 4.79 Å². The molecule has 5 rings (SSSR count). The Bertz CT molecular complexity index is 1370. The summed E-state index contributed by atoms with van der Waals surface area (Å²) in [4.78, 5) is 19.6. The Morgan fingerprint density at radius 2 is 1.74 bits per heavy atom. The van der Waals surface area contributed by atoms with Crippen molar-refractivity contribution in [2.24, 2.45) is 0 Å². The predicted molar refractivity (Wildman–Crippen MR) is 134 cm³/mol. The van der Waals surface area contributed by atoms with Crippen LogP contribution in [0.2, 0.25) is 5.02 Å². The van der Waals surface area contributed by atoms with Gasteiger partial charge in [-0.05, 0) is 54.4 Å². The van der Waals surface area contributed by atoms with Crippen LogP contribution in [-0.2, 0) is 6.54 Å². The van der Waals surface area contributed by atoms with Crippen molar-refractivity contribution in [2.75, 3.05) is 7.11 Å². The van der Waals surface area contributed by atoms with E-state index in [9.17, 15) is 4.79 Å². The Kier molecular flexibility index (Phi) is 6.25. The second kappa shape index (κ2) is 9.64. The van der Waals surface area contributed by atoms with E-state index in [1.807, 2.05) is 73.7 Å². The highest BCUT2D eigenvalue weighted by Gasteiger charge is 2.35. The first-order valence-electron chi connectivity index (χ1n) is 11.1. The number of rotatable bonds is 6. The average Bonchev–Trinajstić information content (AvgIpc) is 3.37. The Labute approximate surface area is 208 Å². The zero-order valence-electron chi connectivity index (χ0n) is 19.2. The molecule has 1 aliphatic heterocycles. The first kappa shape index (κ1) is 22.7. The van der Waals surface area contributed by atoms with Crippen molar-refractivity contribution < 1.29 is 14.1 Å². The van der Waals surface area contributed by atoms with Crippen LogP contribution in [0.5, 0.6) is 5.75 Å². The number of amides is 2. The van der Waals surface area contributed by atoms with E-state index in [4.69, 9.17) is 20.9 Å². The van der Waals surface area contributed by atoms with Gasteiger partial charge in [0.25, 0.3) is 5.89 Å². The van der Waals surface area contributed by atoms with Crippen molar-refractivity contribution in [2.45, 2.75) is 19.5 Å². The number of methoxy groups -OCH3 is 1. The van der Waals surface area contributed by atoms with E-state index in [-0.39, 0.29) is 6.03 Å². The molecule has 4 aromatic rings. The SMILES string of the molecule is COc1ccc(CN2C(=O)NC(c3ccccc3)C(c3nc(-c4ccc(Cl)cc4)no3)=C2C)cc1. The maximum atomic E-state index is 13.2. The molecule has 0 spiro atoms. The summed E-state index contributed by atoms with van der Waals surface area (Å²) in [5.41, 5.74) is 4.16. The molecule has 0 radical (unpaired) electrons. The van der Waals surface area contributed by atoms with Gasteiger partial charge in [-0.3, -0.25) is 4.90 Å². The van der Waals surface area contributed by atoms with E-state index in [1.54, 1.807) is 24.1 Å². The van der Waals surface area contributed by atoms with Crippen molar-refractivity contribution in [3.05, 3.63) is 107 Å². The first-order chi connectivity index (χ1) is 17.0. The molecule has 35 heavy (non-hydrogen) atoms. The monoisotopic (exact) mass is 486 g/mol. The van der Waals surface area contributed by atoms with Crippen molar-refractivity contribution in [3.8, 4) is 17.1 Å². The van der Waals surface area contributed by atoms with Crippen LogP contribution >= 0.6 is 11.6 Å². The number of hydrogen-bond donors (Lipinski definition) is 1. The highest BCUT2D eigenvalue weighted by molar-refractivity contribution is 6.30. The number of nitrogens with zero attached hydrogens (tertiary/aromatic N) is 3. The van der Waals surface area contributed by atoms with Crippen LogP contribution in [0.15, 0.2) is 89.1 Å². The number of halogens is 1. The summed E-state index contributed by atoms with van der Waals surface area (Å²) in [7, 11) is 1.62. The van der Waals surface area contributed by atoms with E-state index in [2.05, 4.69) is 15.5 Å². The zero-order valence-corrected chi connectivity index (χ0v) is 20.0. The van der Waals surface area contributed by atoms with E-state index in [0.717, 1.165) is 33.7 Å². The van der Waals surface area contributed by atoms with Gasteiger partial charge in [-0.25, -0.2) is 4.79 Å². The molecular weight excluding hydrogens is 464 g/mol. The molecule has 1 N–H and O–H groups in total. The maximum Gasteiger partial charge on any atom is 0.322 e. The standard InChI is InChI=1S/C27H23ClN4O3/c1-17-23(26-30-25(31-35-26)20-10-12-21(28)13-11-20)24(19-6-4-3-5-7-19)29-27(33)32(17)16-18-8-14-22(34-2)15-9-18/h3-15,24H,16H2,1-2H3,(H,29,33). The molecule has 176 valence electrons. The van der Waals surface area contributed by atoms with Gasteiger partial charge in [0.1, 0.15) is 5.75 Å². The van der Waals surface area contributed by atoms with Gasteiger partial charge < -0.3 is 14.6 Å². The minimum atomic E-state index is -0.436. The average molecular weight is 487 g/mol. The van der Waals surface area contributed by atoms with Crippen LogP contribution in [0.25, 0.3) is 17.0 Å². The van der Waals surface area contributed by atoms with Crippen LogP contribution < -0.4 is 10.1 Å². The number of urea groups is 1. The zero-order chi connectivity index (χ0) is 24.4. The molecule has 7 nitrogen and oxygen atoms in total. The van der Waals surface area contributed by atoms with Crippen molar-refractivity contribution in [3.63, 3.8) is 0 Å². The van der Waals surface area contributed by atoms with Gasteiger partial charge in [0.2, 0.25) is 5.82 Å². The fourth-order valence-electron chi connectivity index (χ4n) is 4.11. The molecule has 1 atom stereocenters. The van der Waals surface area contributed by atoms with Gasteiger partial charge in [-0.15, -0.1) is 0 Å². The quantitative estimate of drug-likeness (QED) is 0.356. The molecule has 0 fully saturated rings. The lowest BCUT2D eigenvalue weighted by Gasteiger charge is -2.35. The molecular formula is C27H23ClN4O3. The summed E-state index contributed by atoms with van der Waals surface area (Å²) in [6.07, 6.45) is 0. The van der Waals surface area contributed by atoms with Gasteiger partial charge >= 0.3 is 6.03 Å². The highest BCUT2D eigenvalue weighted by atomic mass is 35.5. The summed E-state index contributed by atoms with van der Waals surface area (Å²) >= 11 is 6.02. The number of carbonyl (C=O) groups is 1. The van der Waals surface area contributed by atoms with Crippen molar-refractivity contribution in [1.29, 1.82) is 0 Å². The summed E-state index contributed by atoms with van der Waals surface area (Å²) < 4.78 is 11.0. The molecule has 0 aliphatic carbocycles. The normalized spacial score (nSPS) is 15.8. The fraction of sp³-hybridized carbons (Fsp3) is 0.148. The molecule has 0 saturated heterocycles. The Hall–Kier alpha value is -4.10. The number of nitrogens with one attached hydrogen (secondary N) is 1. The largest absolute Gasteiger partial charge is 0.497 e. The van der Waals surface area contributed by atoms with E-state index >= 15 is 0 Å². The Balaban J connectivity index is 1.56.